The number of fused-ring (bicyclic) bond motifs is 4. The minimum absolute atomic E-state index is 0.00686. The summed E-state index contributed by atoms with van der Waals surface area (Å²) in [5.74, 6) is 2.23. The number of aliphatic hydroxyl groups is 1. The molecule has 4 heterocycles. The molecule has 6 atom stereocenters. The maximum atomic E-state index is 13.9. The van der Waals surface area contributed by atoms with Crippen molar-refractivity contribution in [2.75, 3.05) is 49.8 Å². The van der Waals surface area contributed by atoms with E-state index in [0.717, 1.165) is 55.1 Å². The molecule has 0 radical (unpaired) electrons. The summed E-state index contributed by atoms with van der Waals surface area (Å²) in [4.78, 5) is 20.8. The smallest absolute Gasteiger partial charge is 0.283 e. The number of benzene rings is 1. The van der Waals surface area contributed by atoms with Crippen molar-refractivity contribution >= 4 is 56.9 Å². The van der Waals surface area contributed by atoms with Gasteiger partial charge in [-0.15, -0.1) is 23.5 Å². The van der Waals surface area contributed by atoms with Crippen LogP contribution < -0.4 is 14.4 Å². The van der Waals surface area contributed by atoms with E-state index < -0.39 is 26.8 Å². The second-order valence-corrected chi connectivity index (χ2v) is 19.9. The minimum atomic E-state index is -4.11. The number of nitrogens with one attached hydrogen (secondary N) is 1. The predicted molar refractivity (Wildman–Crippen MR) is 202 cm³/mol. The molecule has 1 saturated heterocycles. The molecule has 3 aliphatic heterocycles. The summed E-state index contributed by atoms with van der Waals surface area (Å²) in [5.41, 5.74) is 1.09. The fourth-order valence-corrected chi connectivity index (χ4v) is 13.9. The molecule has 9 nitrogen and oxygen atoms in total. The normalized spacial score (nSPS) is 33.6. The number of carbonyl (C=O) groups is 1. The second-order valence-electron chi connectivity index (χ2n) is 14.8. The molecular formula is C37H48ClN3O6S3. The lowest BCUT2D eigenvalue weighted by Crippen LogP contribution is -2.55. The number of nitrogens with zero attached hydrogens (tertiary/aromatic N) is 2. The largest absolute Gasteiger partial charge is 0.489 e. The van der Waals surface area contributed by atoms with Crippen LogP contribution in [-0.4, -0.2) is 84.8 Å². The van der Waals surface area contributed by atoms with Crippen molar-refractivity contribution in [3.8, 4) is 5.75 Å². The van der Waals surface area contributed by atoms with Gasteiger partial charge in [-0.25, -0.2) is 18.1 Å². The van der Waals surface area contributed by atoms with Crippen LogP contribution in [0.3, 0.4) is 0 Å². The number of methoxy groups -OCH3 is 1. The Kier molecular flexibility index (Phi) is 10.8. The van der Waals surface area contributed by atoms with Gasteiger partial charge in [-0.3, -0.25) is 4.79 Å². The summed E-state index contributed by atoms with van der Waals surface area (Å²) in [5, 5.41) is 12.6. The first-order chi connectivity index (χ1) is 24.0. The van der Waals surface area contributed by atoms with E-state index in [0.29, 0.717) is 37.7 Å². The average Bonchev–Trinajstić information content (AvgIpc) is 3.23. The van der Waals surface area contributed by atoms with Crippen molar-refractivity contribution in [3.05, 3.63) is 64.3 Å². The number of hydrogen-bond acceptors (Lipinski definition) is 10. The van der Waals surface area contributed by atoms with Crippen LogP contribution in [0.2, 0.25) is 5.02 Å². The molecule has 2 N–H and O–H groups in total. The third-order valence-electron chi connectivity index (χ3n) is 11.5. The van der Waals surface area contributed by atoms with Crippen LogP contribution >= 0.6 is 35.1 Å². The molecule has 50 heavy (non-hydrogen) atoms. The number of aromatic nitrogens is 1. The summed E-state index contributed by atoms with van der Waals surface area (Å²) in [6, 6.07) is 9.46. The first kappa shape index (κ1) is 36.4. The predicted octanol–water partition coefficient (Wildman–Crippen LogP) is 6.22. The first-order valence-electron chi connectivity index (χ1n) is 17.9. The Bertz CT molecular complexity index is 1720. The number of rotatable bonds is 4. The van der Waals surface area contributed by atoms with Crippen molar-refractivity contribution < 1.29 is 27.8 Å². The maximum Gasteiger partial charge on any atom is 0.283 e. The zero-order valence-electron chi connectivity index (χ0n) is 28.8. The first-order valence-corrected chi connectivity index (χ1v) is 21.9. The van der Waals surface area contributed by atoms with Crippen LogP contribution in [-0.2, 0) is 26.6 Å². The monoisotopic (exact) mass is 761 g/mol. The molecule has 1 amide bonds. The minimum Gasteiger partial charge on any atom is -0.489 e. The third-order valence-corrected chi connectivity index (χ3v) is 17.0. The second kappa shape index (κ2) is 14.8. The van der Waals surface area contributed by atoms with E-state index in [1.807, 2.05) is 48.7 Å². The Hall–Kier alpha value is -1.96. The van der Waals surface area contributed by atoms with Crippen LogP contribution in [0.1, 0.15) is 73.5 Å². The van der Waals surface area contributed by atoms with E-state index in [2.05, 4.69) is 21.8 Å². The van der Waals surface area contributed by atoms with Crippen molar-refractivity contribution in [1.29, 1.82) is 0 Å². The fraction of sp³-hybridized carbons (Fsp3) is 0.622. The lowest BCUT2D eigenvalue weighted by atomic mass is 9.64. The van der Waals surface area contributed by atoms with E-state index in [1.54, 1.807) is 19.2 Å². The molecule has 1 saturated carbocycles. The zero-order chi connectivity index (χ0) is 35.1. The SMILES string of the molecule is COCC[C@@H]1[C@@H](C)C/C=C/[C@@](O)(C2SCCCS2)[C@@H]2CC[C@H]2CN2C[C@@]3(CCCc4cc(Cl)ccc43)COc3ccc(nc32)C(=O)NS1(=O)=O. The fourth-order valence-electron chi connectivity index (χ4n) is 8.78. The van der Waals surface area contributed by atoms with Crippen LogP contribution in [0.25, 0.3) is 0 Å². The lowest BCUT2D eigenvalue weighted by molar-refractivity contribution is -0.0333. The Morgan fingerprint density at radius 2 is 2.00 bits per heavy atom. The number of aryl methyl sites for hydroxylation is 1. The van der Waals surface area contributed by atoms with Gasteiger partial charge >= 0.3 is 0 Å². The van der Waals surface area contributed by atoms with Gasteiger partial charge < -0.3 is 19.5 Å². The van der Waals surface area contributed by atoms with E-state index in [1.165, 1.54) is 11.1 Å². The number of hydrogen-bond donors (Lipinski definition) is 2. The van der Waals surface area contributed by atoms with Gasteiger partial charge in [0.2, 0.25) is 10.0 Å². The number of thioether (sulfide) groups is 2. The molecule has 0 unspecified atom stereocenters. The van der Waals surface area contributed by atoms with Crippen LogP contribution in [0, 0.1) is 17.8 Å². The molecule has 1 spiro atoms. The van der Waals surface area contributed by atoms with E-state index >= 15 is 0 Å². The highest BCUT2D eigenvalue weighted by Crippen LogP contribution is 2.52. The highest BCUT2D eigenvalue weighted by atomic mass is 35.5. The molecule has 1 aromatic carbocycles. The Balaban J connectivity index is 1.32. The number of amides is 1. The van der Waals surface area contributed by atoms with Gasteiger partial charge in [-0.1, -0.05) is 36.7 Å². The van der Waals surface area contributed by atoms with Crippen molar-refractivity contribution in [1.82, 2.24) is 9.71 Å². The standard InChI is InChI=1S/C37H48ClN3O6S3/c1-24-6-3-16-37(43,35-48-18-5-19-49-35)29-10-8-26(29)21-41-22-36(15-4-7-25-20-27(38)9-11-28(25)36)23-47-31-13-12-30(39-33(31)41)34(42)40-50(44,45)32(24)14-17-46-2/h3,9,11-13,16,20,24,26,29,32,35,43H,4-8,10,14-15,17-19,21-23H2,1-2H3,(H,40,42)/b16-3+/t24-,26-,29+,32+,36-,37-/m0/s1. The number of ether oxygens (including phenoxy) is 2. The Morgan fingerprint density at radius 3 is 2.76 bits per heavy atom. The van der Waals surface area contributed by atoms with Gasteiger partial charge in [0.1, 0.15) is 11.3 Å². The number of sulfonamides is 1. The number of halogens is 1. The Morgan fingerprint density at radius 1 is 1.18 bits per heavy atom. The number of anilines is 1. The van der Waals surface area contributed by atoms with Gasteiger partial charge in [0.15, 0.2) is 11.6 Å². The average molecular weight is 762 g/mol. The zero-order valence-corrected chi connectivity index (χ0v) is 32.0. The maximum absolute atomic E-state index is 13.9. The number of allylic oxidation sites excluding steroid dienone is 1. The number of carbonyl (C=O) groups excluding carboxylic acids is 1. The molecule has 5 aliphatic rings. The van der Waals surface area contributed by atoms with Gasteiger partial charge in [0.05, 0.1) is 16.4 Å². The van der Waals surface area contributed by atoms with Crippen LogP contribution in [0.4, 0.5) is 5.82 Å². The molecular weight excluding hydrogens is 714 g/mol. The quantitative estimate of drug-likeness (QED) is 0.348. The topological polar surface area (TPSA) is 118 Å². The molecule has 272 valence electrons. The summed E-state index contributed by atoms with van der Waals surface area (Å²) < 4.78 is 41.9. The van der Waals surface area contributed by atoms with Crippen molar-refractivity contribution in [2.45, 2.75) is 79.1 Å². The molecule has 1 aromatic heterocycles. The molecule has 2 aromatic rings. The van der Waals surface area contributed by atoms with Gasteiger partial charge in [0.25, 0.3) is 5.91 Å². The molecule has 2 bridgehead atoms. The summed E-state index contributed by atoms with van der Waals surface area (Å²) in [6.07, 6.45) is 10.5. The van der Waals surface area contributed by atoms with E-state index in [9.17, 15) is 18.3 Å². The van der Waals surface area contributed by atoms with Crippen LogP contribution in [0.15, 0.2) is 42.5 Å². The highest BCUT2D eigenvalue weighted by molar-refractivity contribution is 8.17. The highest BCUT2D eigenvalue weighted by Gasteiger charge is 2.52. The van der Waals surface area contributed by atoms with Gasteiger partial charge in [-0.2, -0.15) is 0 Å². The molecule has 7 rings (SSSR count). The van der Waals surface area contributed by atoms with E-state index in [4.69, 9.17) is 26.1 Å². The number of pyridine rings is 1. The lowest BCUT2D eigenvalue weighted by Gasteiger charge is -2.51. The summed E-state index contributed by atoms with van der Waals surface area (Å²) in [7, 11) is -2.57. The van der Waals surface area contributed by atoms with E-state index in [-0.39, 0.29) is 46.5 Å². The molecule has 13 heteroatoms. The summed E-state index contributed by atoms with van der Waals surface area (Å²) >= 11 is 10.1. The van der Waals surface area contributed by atoms with Crippen LogP contribution in [0.5, 0.6) is 5.75 Å². The van der Waals surface area contributed by atoms with Crippen molar-refractivity contribution in [2.24, 2.45) is 17.8 Å². The summed E-state index contributed by atoms with van der Waals surface area (Å²) in [6.45, 7) is 3.82. The molecule has 2 aliphatic carbocycles. The van der Waals surface area contributed by atoms with Gasteiger partial charge in [-0.05, 0) is 116 Å². The van der Waals surface area contributed by atoms with Gasteiger partial charge in [0, 0.05) is 37.2 Å². The van der Waals surface area contributed by atoms with Crippen molar-refractivity contribution in [3.63, 3.8) is 0 Å². The Labute approximate surface area is 309 Å². The third kappa shape index (κ3) is 7.06. The molecule has 2 fully saturated rings.